The molecule has 0 aromatic heterocycles. The smallest absolute Gasteiger partial charge is 0.222 e. The van der Waals surface area contributed by atoms with Gasteiger partial charge in [0.25, 0.3) is 0 Å². The van der Waals surface area contributed by atoms with Crippen molar-refractivity contribution in [1.82, 2.24) is 15.1 Å². The third kappa shape index (κ3) is 3.19. The van der Waals surface area contributed by atoms with Crippen LogP contribution in [0.25, 0.3) is 0 Å². The standard InChI is InChI=1S/C12H23N3O/c1-14-5-7-15(8-6-14)12(16)9-11-3-2-4-13-10-11/h11,13H,2-10H2,1H3. The predicted octanol–water partition coefficient (Wildman–Crippen LogP) is 0.150. The first-order valence-electron chi connectivity index (χ1n) is 6.43. The maximum Gasteiger partial charge on any atom is 0.222 e. The normalized spacial score (nSPS) is 28.1. The van der Waals surface area contributed by atoms with Crippen molar-refractivity contribution in [1.29, 1.82) is 0 Å². The quantitative estimate of drug-likeness (QED) is 0.726. The number of piperidine rings is 1. The number of nitrogens with one attached hydrogen (secondary N) is 1. The van der Waals surface area contributed by atoms with Crippen LogP contribution in [0.3, 0.4) is 0 Å². The minimum absolute atomic E-state index is 0.363. The largest absolute Gasteiger partial charge is 0.340 e. The molecule has 1 atom stereocenters. The van der Waals surface area contributed by atoms with Crippen LogP contribution in [-0.2, 0) is 4.79 Å². The van der Waals surface area contributed by atoms with Gasteiger partial charge < -0.3 is 15.1 Å². The maximum absolute atomic E-state index is 12.1. The van der Waals surface area contributed by atoms with Crippen molar-refractivity contribution in [3.63, 3.8) is 0 Å². The Morgan fingerprint density at radius 2 is 2.06 bits per heavy atom. The van der Waals surface area contributed by atoms with Crippen LogP contribution < -0.4 is 5.32 Å². The number of carbonyl (C=O) groups is 1. The molecule has 1 unspecified atom stereocenters. The number of hydrogen-bond acceptors (Lipinski definition) is 3. The summed E-state index contributed by atoms with van der Waals surface area (Å²) in [5.41, 5.74) is 0. The van der Waals surface area contributed by atoms with E-state index in [4.69, 9.17) is 0 Å². The van der Waals surface area contributed by atoms with E-state index in [0.717, 1.165) is 45.7 Å². The van der Waals surface area contributed by atoms with Gasteiger partial charge in [0.15, 0.2) is 0 Å². The Hall–Kier alpha value is -0.610. The third-order valence-corrected chi connectivity index (χ3v) is 3.72. The number of piperazine rings is 1. The second-order valence-corrected chi connectivity index (χ2v) is 5.10. The molecular weight excluding hydrogens is 202 g/mol. The minimum Gasteiger partial charge on any atom is -0.340 e. The van der Waals surface area contributed by atoms with Crippen molar-refractivity contribution in [2.75, 3.05) is 46.3 Å². The van der Waals surface area contributed by atoms with Gasteiger partial charge in [0, 0.05) is 32.6 Å². The molecule has 2 aliphatic rings. The highest BCUT2D eigenvalue weighted by molar-refractivity contribution is 5.76. The molecule has 16 heavy (non-hydrogen) atoms. The van der Waals surface area contributed by atoms with Gasteiger partial charge in [-0.15, -0.1) is 0 Å². The highest BCUT2D eigenvalue weighted by atomic mass is 16.2. The Morgan fingerprint density at radius 1 is 1.31 bits per heavy atom. The Labute approximate surface area is 98.0 Å². The first-order valence-corrected chi connectivity index (χ1v) is 6.43. The molecule has 0 aromatic carbocycles. The van der Waals surface area contributed by atoms with Crippen LogP contribution in [0.2, 0.25) is 0 Å². The summed E-state index contributed by atoms with van der Waals surface area (Å²) in [6.45, 7) is 6.02. The first-order chi connectivity index (χ1) is 7.75. The summed E-state index contributed by atoms with van der Waals surface area (Å²) in [5, 5.41) is 3.37. The summed E-state index contributed by atoms with van der Waals surface area (Å²) in [4.78, 5) is 16.4. The fraction of sp³-hybridized carbons (Fsp3) is 0.917. The lowest BCUT2D eigenvalue weighted by molar-refractivity contribution is -0.133. The van der Waals surface area contributed by atoms with Crippen molar-refractivity contribution in [2.45, 2.75) is 19.3 Å². The fourth-order valence-electron chi connectivity index (χ4n) is 2.53. The van der Waals surface area contributed by atoms with Gasteiger partial charge in [-0.2, -0.15) is 0 Å². The van der Waals surface area contributed by atoms with Gasteiger partial charge in [-0.3, -0.25) is 4.79 Å². The summed E-state index contributed by atoms with van der Waals surface area (Å²) in [5.74, 6) is 0.933. The predicted molar refractivity (Wildman–Crippen MR) is 64.3 cm³/mol. The zero-order chi connectivity index (χ0) is 11.4. The van der Waals surface area contributed by atoms with E-state index in [1.54, 1.807) is 0 Å². The van der Waals surface area contributed by atoms with Gasteiger partial charge in [0.1, 0.15) is 0 Å². The molecule has 2 heterocycles. The van der Waals surface area contributed by atoms with Crippen LogP contribution >= 0.6 is 0 Å². The lowest BCUT2D eigenvalue weighted by atomic mass is 9.95. The average Bonchev–Trinajstić information content (AvgIpc) is 2.31. The van der Waals surface area contributed by atoms with Gasteiger partial charge in [-0.1, -0.05) is 0 Å². The van der Waals surface area contributed by atoms with Gasteiger partial charge in [-0.05, 0) is 38.9 Å². The second kappa shape index (κ2) is 5.64. The van der Waals surface area contributed by atoms with E-state index in [1.165, 1.54) is 12.8 Å². The number of amides is 1. The highest BCUT2D eigenvalue weighted by Crippen LogP contribution is 2.16. The SMILES string of the molecule is CN1CCN(C(=O)CC2CCCNC2)CC1. The monoisotopic (exact) mass is 225 g/mol. The Balaban J connectivity index is 1.74. The molecule has 0 spiro atoms. The van der Waals surface area contributed by atoms with Crippen LogP contribution in [0.1, 0.15) is 19.3 Å². The number of carbonyl (C=O) groups excluding carboxylic acids is 1. The van der Waals surface area contributed by atoms with Gasteiger partial charge >= 0.3 is 0 Å². The van der Waals surface area contributed by atoms with Crippen molar-refractivity contribution in [3.05, 3.63) is 0 Å². The molecular formula is C12H23N3O. The van der Waals surface area contributed by atoms with Crippen molar-refractivity contribution >= 4 is 5.91 Å². The molecule has 0 aliphatic carbocycles. The Kier molecular flexibility index (Phi) is 4.18. The van der Waals surface area contributed by atoms with Crippen LogP contribution in [-0.4, -0.2) is 62.0 Å². The minimum atomic E-state index is 0.363. The number of likely N-dealkylation sites (N-methyl/N-ethyl adjacent to an activating group) is 1. The van der Waals surface area contributed by atoms with Crippen LogP contribution in [0.5, 0.6) is 0 Å². The number of hydrogen-bond donors (Lipinski definition) is 1. The summed E-state index contributed by atoms with van der Waals surface area (Å²) >= 11 is 0. The average molecular weight is 225 g/mol. The summed E-state index contributed by atoms with van der Waals surface area (Å²) in [7, 11) is 2.12. The molecule has 1 N–H and O–H groups in total. The molecule has 0 bridgehead atoms. The molecule has 92 valence electrons. The first kappa shape index (κ1) is 11.9. The van der Waals surface area contributed by atoms with Crippen LogP contribution in [0.4, 0.5) is 0 Å². The van der Waals surface area contributed by atoms with E-state index < -0.39 is 0 Å². The van der Waals surface area contributed by atoms with E-state index >= 15 is 0 Å². The molecule has 0 saturated carbocycles. The van der Waals surface area contributed by atoms with Crippen molar-refractivity contribution < 1.29 is 4.79 Å². The second-order valence-electron chi connectivity index (χ2n) is 5.10. The van der Waals surface area contributed by atoms with Gasteiger partial charge in [-0.25, -0.2) is 0 Å². The highest BCUT2D eigenvalue weighted by Gasteiger charge is 2.23. The summed E-state index contributed by atoms with van der Waals surface area (Å²) < 4.78 is 0. The molecule has 4 nitrogen and oxygen atoms in total. The molecule has 1 amide bonds. The number of nitrogens with zero attached hydrogens (tertiary/aromatic N) is 2. The van der Waals surface area contributed by atoms with E-state index in [2.05, 4.69) is 17.3 Å². The van der Waals surface area contributed by atoms with Crippen molar-refractivity contribution in [3.8, 4) is 0 Å². The fourth-order valence-corrected chi connectivity index (χ4v) is 2.53. The topological polar surface area (TPSA) is 35.6 Å². The van der Waals surface area contributed by atoms with E-state index in [9.17, 15) is 4.79 Å². The Morgan fingerprint density at radius 3 is 2.69 bits per heavy atom. The van der Waals surface area contributed by atoms with E-state index in [-0.39, 0.29) is 0 Å². The molecule has 2 rings (SSSR count). The van der Waals surface area contributed by atoms with Crippen molar-refractivity contribution in [2.24, 2.45) is 5.92 Å². The lowest BCUT2D eigenvalue weighted by Gasteiger charge is -2.33. The van der Waals surface area contributed by atoms with Gasteiger partial charge in [0.05, 0.1) is 0 Å². The van der Waals surface area contributed by atoms with E-state index in [1.807, 2.05) is 4.90 Å². The molecule has 0 aromatic rings. The maximum atomic E-state index is 12.1. The molecule has 0 radical (unpaired) electrons. The molecule has 2 fully saturated rings. The third-order valence-electron chi connectivity index (χ3n) is 3.72. The van der Waals surface area contributed by atoms with Gasteiger partial charge in [0.2, 0.25) is 5.91 Å². The number of rotatable bonds is 2. The molecule has 2 aliphatic heterocycles. The molecule has 4 heteroatoms. The zero-order valence-electron chi connectivity index (χ0n) is 10.2. The molecule has 2 saturated heterocycles. The van der Waals surface area contributed by atoms with Crippen LogP contribution in [0, 0.1) is 5.92 Å². The summed E-state index contributed by atoms with van der Waals surface area (Å²) in [6, 6.07) is 0. The Bertz CT molecular complexity index is 230. The van der Waals surface area contributed by atoms with E-state index in [0.29, 0.717) is 11.8 Å². The summed E-state index contributed by atoms with van der Waals surface area (Å²) in [6.07, 6.45) is 3.18. The van der Waals surface area contributed by atoms with Crippen LogP contribution in [0.15, 0.2) is 0 Å². The lowest BCUT2D eigenvalue weighted by Crippen LogP contribution is -2.48. The zero-order valence-corrected chi connectivity index (χ0v) is 10.2.